The van der Waals surface area contributed by atoms with Crippen molar-refractivity contribution in [2.45, 2.75) is 12.4 Å². The molecule has 2 aromatic carbocycles. The van der Waals surface area contributed by atoms with Crippen LogP contribution >= 0.6 is 0 Å². The lowest BCUT2D eigenvalue weighted by atomic mass is 10.1. The molecule has 4 N–H and O–H groups in total. The largest absolute Gasteiger partial charge is 0.477 e. The van der Waals surface area contributed by atoms with Gasteiger partial charge in [-0.25, -0.2) is 41.9 Å². The number of carboxylic acid groups (broad SMARTS) is 1. The molecule has 1 amide bonds. The van der Waals surface area contributed by atoms with E-state index in [1.54, 1.807) is 6.07 Å². The number of hydrogen-bond donors (Lipinski definition) is 3. The average molecular weight is 738 g/mol. The Hall–Kier alpha value is -6.28. The summed E-state index contributed by atoms with van der Waals surface area (Å²) in [5.41, 5.74) is -0.781. The number of aromatic nitrogens is 2. The van der Waals surface area contributed by atoms with Crippen molar-refractivity contribution in [3.8, 4) is 0 Å². The highest BCUT2D eigenvalue weighted by atomic mass is 19.4. The molecule has 2 heterocycles. The highest BCUT2D eigenvalue weighted by Crippen LogP contribution is 2.34. The van der Waals surface area contributed by atoms with Gasteiger partial charge in [-0.05, 0) is 48.5 Å². The second kappa shape index (κ2) is 16.9. The standard InChI is InChI=1S/C15H9F5N2O3.C8H3F5O2.C7H8N2O2/c1-25-14(24)10-6-7(4-5-21-10)22-13(23)11-9(16)3-2-8(12(11)17)15(18,19)20;9-4-2-1-3(8(11,12)13)6(10)5(4)7(14)15;1-11-7(10)6-4-5(8)2-3-9-6/h2-6H,1H3,(H,21,22,23);1-2H,(H,14,15);2-4H,1H3,(H2,8,9). The zero-order chi connectivity index (χ0) is 38.8. The Labute approximate surface area is 278 Å². The van der Waals surface area contributed by atoms with Gasteiger partial charge in [-0.3, -0.25) is 4.79 Å². The van der Waals surface area contributed by atoms with E-state index in [1.165, 1.54) is 25.4 Å². The smallest absolute Gasteiger partial charge is 0.419 e. The van der Waals surface area contributed by atoms with Crippen molar-refractivity contribution in [1.82, 2.24) is 9.97 Å². The van der Waals surface area contributed by atoms with Gasteiger partial charge in [0.1, 0.15) is 34.1 Å². The van der Waals surface area contributed by atoms with Crippen LogP contribution in [0.2, 0.25) is 0 Å². The summed E-state index contributed by atoms with van der Waals surface area (Å²) in [5.74, 6) is -12.0. The fourth-order valence-electron chi connectivity index (χ4n) is 3.53. The predicted octanol–water partition coefficient (Wildman–Crippen LogP) is 6.55. The first kappa shape index (κ1) is 40.9. The summed E-state index contributed by atoms with van der Waals surface area (Å²) in [6.45, 7) is 0. The summed E-state index contributed by atoms with van der Waals surface area (Å²) < 4.78 is 136. The number of carboxylic acids is 1. The lowest BCUT2D eigenvalue weighted by Gasteiger charge is -2.12. The minimum Gasteiger partial charge on any atom is -0.477 e. The summed E-state index contributed by atoms with van der Waals surface area (Å²) in [4.78, 5) is 51.8. The SMILES string of the molecule is COC(=O)c1cc(N)ccn1.COC(=O)c1cc(NC(=O)c2c(F)ccc(C(F)(F)F)c2F)ccn1.O=C(O)c1c(F)ccc(C(F)(F)F)c1F. The molecular weight excluding hydrogens is 718 g/mol. The molecule has 0 radical (unpaired) electrons. The second-order valence-electron chi connectivity index (χ2n) is 9.21. The molecule has 0 saturated carbocycles. The normalized spacial score (nSPS) is 10.8. The molecule has 0 bridgehead atoms. The maximum atomic E-state index is 13.9. The number of anilines is 2. The Morgan fingerprint density at radius 2 is 1.12 bits per heavy atom. The first-order valence-corrected chi connectivity index (χ1v) is 13.1. The van der Waals surface area contributed by atoms with Gasteiger partial charge in [0.2, 0.25) is 0 Å². The van der Waals surface area contributed by atoms with E-state index in [9.17, 15) is 63.1 Å². The molecule has 0 atom stereocenters. The zero-order valence-electron chi connectivity index (χ0n) is 25.4. The van der Waals surface area contributed by atoms with Crippen LogP contribution in [0.1, 0.15) is 52.8 Å². The molecule has 4 aromatic rings. The molecule has 4 rings (SSSR count). The van der Waals surface area contributed by atoms with Crippen LogP contribution in [0.15, 0.2) is 60.9 Å². The van der Waals surface area contributed by atoms with Gasteiger partial charge in [0, 0.05) is 23.8 Å². The molecule has 0 spiro atoms. The predicted molar refractivity (Wildman–Crippen MR) is 153 cm³/mol. The quantitative estimate of drug-likeness (QED) is 0.151. The average Bonchev–Trinajstić information content (AvgIpc) is 3.03. The molecule has 0 aliphatic rings. The number of aromatic carboxylic acids is 1. The summed E-state index contributed by atoms with van der Waals surface area (Å²) in [6, 6.07) is 6.22. The van der Waals surface area contributed by atoms with Crippen LogP contribution in [0.25, 0.3) is 0 Å². The Kier molecular flexibility index (Phi) is 13.5. The van der Waals surface area contributed by atoms with Crippen molar-refractivity contribution >= 4 is 35.2 Å². The molecule has 21 heteroatoms. The fourth-order valence-corrected chi connectivity index (χ4v) is 3.53. The number of benzene rings is 2. The number of nitrogens with zero attached hydrogens (tertiary/aromatic N) is 2. The van der Waals surface area contributed by atoms with Gasteiger partial charge < -0.3 is 25.6 Å². The van der Waals surface area contributed by atoms with E-state index in [0.717, 1.165) is 19.4 Å². The monoisotopic (exact) mass is 738 g/mol. The number of rotatable bonds is 5. The van der Waals surface area contributed by atoms with Crippen LogP contribution in [-0.4, -0.2) is 53.1 Å². The molecule has 51 heavy (non-hydrogen) atoms. The first-order chi connectivity index (χ1) is 23.6. The maximum Gasteiger partial charge on any atom is 0.419 e. The van der Waals surface area contributed by atoms with Crippen molar-refractivity contribution in [3.63, 3.8) is 0 Å². The Morgan fingerprint density at radius 1 is 0.686 bits per heavy atom. The van der Waals surface area contributed by atoms with Crippen LogP contribution in [0.3, 0.4) is 0 Å². The van der Waals surface area contributed by atoms with E-state index in [-0.39, 0.29) is 35.3 Å². The summed E-state index contributed by atoms with van der Waals surface area (Å²) in [7, 11) is 2.38. The summed E-state index contributed by atoms with van der Waals surface area (Å²) >= 11 is 0. The number of alkyl halides is 6. The van der Waals surface area contributed by atoms with Crippen molar-refractivity contribution in [2.75, 3.05) is 25.3 Å². The third kappa shape index (κ3) is 10.9. The van der Waals surface area contributed by atoms with Gasteiger partial charge >= 0.3 is 30.3 Å². The highest BCUT2D eigenvalue weighted by molar-refractivity contribution is 6.05. The number of nitrogen functional groups attached to an aromatic ring is 1. The zero-order valence-corrected chi connectivity index (χ0v) is 25.4. The van der Waals surface area contributed by atoms with Gasteiger partial charge in [0.15, 0.2) is 11.6 Å². The van der Waals surface area contributed by atoms with E-state index >= 15 is 0 Å². The maximum absolute atomic E-state index is 13.9. The molecular formula is C30H20F10N4O7. The van der Waals surface area contributed by atoms with Gasteiger partial charge in [-0.2, -0.15) is 26.3 Å². The number of pyridine rings is 2. The molecule has 0 aliphatic carbocycles. The molecule has 0 saturated heterocycles. The highest BCUT2D eigenvalue weighted by Gasteiger charge is 2.38. The number of carbonyl (C=O) groups excluding carboxylic acids is 3. The van der Waals surface area contributed by atoms with E-state index in [4.69, 9.17) is 10.8 Å². The number of nitrogens with one attached hydrogen (secondary N) is 1. The van der Waals surface area contributed by atoms with Crippen LogP contribution in [-0.2, 0) is 21.8 Å². The topological polar surface area (TPSA) is 171 Å². The van der Waals surface area contributed by atoms with Crippen LogP contribution in [0.5, 0.6) is 0 Å². The van der Waals surface area contributed by atoms with Crippen LogP contribution in [0.4, 0.5) is 55.3 Å². The molecule has 0 unspecified atom stereocenters. The number of amides is 1. The van der Waals surface area contributed by atoms with Gasteiger partial charge in [0.25, 0.3) is 5.91 Å². The number of carbonyl (C=O) groups is 4. The molecule has 272 valence electrons. The lowest BCUT2D eigenvalue weighted by Crippen LogP contribution is -2.20. The summed E-state index contributed by atoms with van der Waals surface area (Å²) in [6.07, 6.45) is -7.59. The number of esters is 2. The lowest BCUT2D eigenvalue weighted by molar-refractivity contribution is -0.141. The van der Waals surface area contributed by atoms with Gasteiger partial charge in [0.05, 0.1) is 25.3 Å². The second-order valence-corrected chi connectivity index (χ2v) is 9.21. The third-order valence-electron chi connectivity index (χ3n) is 5.82. The van der Waals surface area contributed by atoms with Crippen molar-refractivity contribution in [2.24, 2.45) is 0 Å². The molecule has 0 fully saturated rings. The number of halogens is 10. The van der Waals surface area contributed by atoms with Crippen LogP contribution < -0.4 is 11.1 Å². The van der Waals surface area contributed by atoms with Crippen molar-refractivity contribution in [3.05, 3.63) is 118 Å². The minimum atomic E-state index is -5.10. The minimum absolute atomic E-state index is 0.114. The Balaban J connectivity index is 0.000000293. The van der Waals surface area contributed by atoms with Crippen molar-refractivity contribution < 1.29 is 77.7 Å². The van der Waals surface area contributed by atoms with Gasteiger partial charge in [-0.1, -0.05) is 0 Å². The Morgan fingerprint density at radius 3 is 1.55 bits per heavy atom. The number of ether oxygens (including phenoxy) is 2. The van der Waals surface area contributed by atoms with Crippen molar-refractivity contribution in [1.29, 1.82) is 0 Å². The number of methoxy groups -OCH3 is 2. The third-order valence-corrected chi connectivity index (χ3v) is 5.82. The molecule has 0 aliphatic heterocycles. The van der Waals surface area contributed by atoms with E-state index in [0.29, 0.717) is 11.8 Å². The first-order valence-electron chi connectivity index (χ1n) is 13.1. The number of hydrogen-bond acceptors (Lipinski definition) is 9. The van der Waals surface area contributed by atoms with E-state index in [1.807, 2.05) is 5.32 Å². The molecule has 2 aromatic heterocycles. The van der Waals surface area contributed by atoms with Crippen LogP contribution in [0, 0.1) is 23.3 Å². The van der Waals surface area contributed by atoms with Gasteiger partial charge in [-0.15, -0.1) is 0 Å². The number of nitrogens with two attached hydrogens (primary N) is 1. The van der Waals surface area contributed by atoms with E-state index < -0.39 is 81.7 Å². The van der Waals surface area contributed by atoms with E-state index in [2.05, 4.69) is 19.4 Å². The molecule has 11 nitrogen and oxygen atoms in total. The fraction of sp³-hybridized carbons (Fsp3) is 0.133. The summed E-state index contributed by atoms with van der Waals surface area (Å²) in [5, 5.41) is 10.3. The Bertz CT molecular complexity index is 1940.